The molecular formula is C20H24ClN3O3. The second kappa shape index (κ2) is 8.13. The molecule has 6 nitrogen and oxygen atoms in total. The molecular weight excluding hydrogens is 366 g/mol. The number of carboxylic acid groups (broad SMARTS) is 1. The first kappa shape index (κ1) is 19.4. The van der Waals surface area contributed by atoms with Gasteiger partial charge in [0.25, 0.3) is 0 Å². The summed E-state index contributed by atoms with van der Waals surface area (Å²) in [5.41, 5.74) is 1.97. The van der Waals surface area contributed by atoms with Crippen molar-refractivity contribution in [2.75, 3.05) is 13.1 Å². The van der Waals surface area contributed by atoms with Crippen molar-refractivity contribution in [2.45, 2.75) is 39.2 Å². The first-order valence-corrected chi connectivity index (χ1v) is 9.55. The highest BCUT2D eigenvalue weighted by atomic mass is 35.5. The van der Waals surface area contributed by atoms with E-state index < -0.39 is 5.97 Å². The summed E-state index contributed by atoms with van der Waals surface area (Å²) >= 11 is 6.02. The molecule has 1 atom stereocenters. The van der Waals surface area contributed by atoms with Gasteiger partial charge < -0.3 is 10.0 Å². The Morgan fingerprint density at radius 1 is 1.33 bits per heavy atom. The number of nitrogens with zero attached hydrogens (tertiary/aromatic N) is 3. The van der Waals surface area contributed by atoms with E-state index in [2.05, 4.69) is 5.10 Å². The number of likely N-dealkylation sites (tertiary alicyclic amines) is 1. The van der Waals surface area contributed by atoms with Crippen molar-refractivity contribution < 1.29 is 14.7 Å². The molecule has 0 bridgehead atoms. The minimum Gasteiger partial charge on any atom is -0.478 e. The molecule has 0 aliphatic carbocycles. The van der Waals surface area contributed by atoms with Crippen molar-refractivity contribution in [3.63, 3.8) is 0 Å². The van der Waals surface area contributed by atoms with Gasteiger partial charge in [0.05, 0.1) is 17.9 Å². The summed E-state index contributed by atoms with van der Waals surface area (Å²) in [5, 5.41) is 14.1. The zero-order valence-electron chi connectivity index (χ0n) is 15.6. The van der Waals surface area contributed by atoms with Crippen LogP contribution in [0.5, 0.6) is 0 Å². The van der Waals surface area contributed by atoms with E-state index >= 15 is 0 Å². The van der Waals surface area contributed by atoms with E-state index in [0.717, 1.165) is 18.4 Å². The second-order valence-electron chi connectivity index (χ2n) is 7.18. The Bertz CT molecular complexity index is 841. The zero-order valence-corrected chi connectivity index (χ0v) is 16.3. The Hall–Kier alpha value is -2.34. The lowest BCUT2D eigenvalue weighted by molar-refractivity contribution is -0.136. The number of aromatic nitrogens is 2. The monoisotopic (exact) mass is 389 g/mol. The van der Waals surface area contributed by atoms with Crippen LogP contribution in [0, 0.1) is 12.8 Å². The summed E-state index contributed by atoms with van der Waals surface area (Å²) in [6.45, 7) is 5.04. The first-order chi connectivity index (χ1) is 12.9. The molecule has 27 heavy (non-hydrogen) atoms. The van der Waals surface area contributed by atoms with Crippen molar-refractivity contribution in [1.82, 2.24) is 14.7 Å². The summed E-state index contributed by atoms with van der Waals surface area (Å²) in [7, 11) is 0. The van der Waals surface area contributed by atoms with Crippen LogP contribution in [0.3, 0.4) is 0 Å². The van der Waals surface area contributed by atoms with Crippen molar-refractivity contribution in [3.05, 3.63) is 52.3 Å². The molecule has 1 amide bonds. The molecule has 0 spiro atoms. The van der Waals surface area contributed by atoms with Crippen molar-refractivity contribution >= 4 is 23.5 Å². The highest BCUT2D eigenvalue weighted by Crippen LogP contribution is 2.26. The highest BCUT2D eigenvalue weighted by molar-refractivity contribution is 6.30. The Labute approximate surface area is 163 Å². The molecule has 2 aromatic rings. The fraction of sp³-hybridized carbons (Fsp3) is 0.450. The molecule has 3 rings (SSSR count). The molecule has 0 saturated carbocycles. The Kier molecular flexibility index (Phi) is 5.85. The predicted octanol–water partition coefficient (Wildman–Crippen LogP) is 3.59. The molecule has 1 saturated heterocycles. The summed E-state index contributed by atoms with van der Waals surface area (Å²) in [6, 6.07) is 7.75. The number of piperidine rings is 1. The molecule has 1 unspecified atom stereocenters. The van der Waals surface area contributed by atoms with E-state index in [1.807, 2.05) is 36.1 Å². The van der Waals surface area contributed by atoms with Crippen LogP contribution in [-0.4, -0.2) is 44.8 Å². The van der Waals surface area contributed by atoms with Crippen LogP contribution < -0.4 is 0 Å². The quantitative estimate of drug-likeness (QED) is 0.847. The van der Waals surface area contributed by atoms with Gasteiger partial charge in [0.1, 0.15) is 5.56 Å². The minimum absolute atomic E-state index is 0.106. The highest BCUT2D eigenvalue weighted by Gasteiger charge is 2.28. The molecule has 1 aliphatic heterocycles. The number of carbonyl (C=O) groups is 2. The molecule has 1 fully saturated rings. The van der Waals surface area contributed by atoms with Gasteiger partial charge in [-0.15, -0.1) is 0 Å². The van der Waals surface area contributed by atoms with E-state index in [1.54, 1.807) is 11.6 Å². The SMILES string of the molecule is Cc1c(C(=O)O)cnn1C1CCN(C(=O)C(C)Cc2cccc(Cl)c2)CC1. The smallest absolute Gasteiger partial charge is 0.339 e. The van der Waals surface area contributed by atoms with E-state index in [9.17, 15) is 14.7 Å². The number of hydrogen-bond acceptors (Lipinski definition) is 3. The maximum Gasteiger partial charge on any atom is 0.339 e. The van der Waals surface area contributed by atoms with Gasteiger partial charge >= 0.3 is 5.97 Å². The molecule has 144 valence electrons. The largest absolute Gasteiger partial charge is 0.478 e. The maximum absolute atomic E-state index is 12.8. The van der Waals surface area contributed by atoms with Crippen molar-refractivity contribution in [1.29, 1.82) is 0 Å². The van der Waals surface area contributed by atoms with Crippen LogP contribution in [0.15, 0.2) is 30.5 Å². The van der Waals surface area contributed by atoms with E-state index in [0.29, 0.717) is 30.2 Å². The third-order valence-electron chi connectivity index (χ3n) is 5.25. The van der Waals surface area contributed by atoms with Crippen LogP contribution in [0.1, 0.15) is 47.4 Å². The Balaban J connectivity index is 1.58. The molecule has 1 aromatic carbocycles. The fourth-order valence-corrected chi connectivity index (χ4v) is 3.96. The van der Waals surface area contributed by atoms with E-state index in [4.69, 9.17) is 11.6 Å². The number of amides is 1. The van der Waals surface area contributed by atoms with E-state index in [1.165, 1.54) is 6.20 Å². The van der Waals surface area contributed by atoms with Crippen LogP contribution in [0.4, 0.5) is 0 Å². The average molecular weight is 390 g/mol. The summed E-state index contributed by atoms with van der Waals surface area (Å²) in [5.74, 6) is -0.914. The lowest BCUT2D eigenvalue weighted by Gasteiger charge is -2.34. The van der Waals surface area contributed by atoms with Gasteiger partial charge in [-0.1, -0.05) is 30.7 Å². The molecule has 1 aliphatic rings. The summed E-state index contributed by atoms with van der Waals surface area (Å²) in [6.07, 6.45) is 3.62. The number of hydrogen-bond donors (Lipinski definition) is 1. The normalized spacial score (nSPS) is 16.3. The summed E-state index contributed by atoms with van der Waals surface area (Å²) < 4.78 is 1.79. The predicted molar refractivity (Wildman–Crippen MR) is 103 cm³/mol. The molecule has 1 N–H and O–H groups in total. The van der Waals surface area contributed by atoms with Crippen LogP contribution in [0.2, 0.25) is 5.02 Å². The van der Waals surface area contributed by atoms with Gasteiger partial charge in [-0.05, 0) is 43.9 Å². The Morgan fingerprint density at radius 2 is 2.04 bits per heavy atom. The van der Waals surface area contributed by atoms with E-state index in [-0.39, 0.29) is 23.4 Å². The van der Waals surface area contributed by atoms with Gasteiger partial charge in [-0.2, -0.15) is 5.10 Å². The van der Waals surface area contributed by atoms with Gasteiger partial charge in [-0.25, -0.2) is 4.79 Å². The van der Waals surface area contributed by atoms with Gasteiger partial charge in [0.15, 0.2) is 0 Å². The zero-order chi connectivity index (χ0) is 19.6. The fourth-order valence-electron chi connectivity index (χ4n) is 3.75. The van der Waals surface area contributed by atoms with Crippen molar-refractivity contribution in [3.8, 4) is 0 Å². The number of carbonyl (C=O) groups excluding carboxylic acids is 1. The topological polar surface area (TPSA) is 75.4 Å². The van der Waals surface area contributed by atoms with Crippen LogP contribution >= 0.6 is 11.6 Å². The Morgan fingerprint density at radius 3 is 2.63 bits per heavy atom. The molecule has 0 radical (unpaired) electrons. The van der Waals surface area contributed by atoms with Gasteiger partial charge in [-0.3, -0.25) is 9.48 Å². The van der Waals surface area contributed by atoms with Crippen LogP contribution in [-0.2, 0) is 11.2 Å². The number of rotatable bonds is 5. The summed E-state index contributed by atoms with van der Waals surface area (Å²) in [4.78, 5) is 25.9. The first-order valence-electron chi connectivity index (χ1n) is 9.17. The lowest BCUT2D eigenvalue weighted by Crippen LogP contribution is -2.42. The third kappa shape index (κ3) is 4.33. The number of carboxylic acids is 1. The second-order valence-corrected chi connectivity index (χ2v) is 7.62. The third-order valence-corrected chi connectivity index (χ3v) is 5.48. The average Bonchev–Trinajstić information content (AvgIpc) is 3.03. The number of aromatic carboxylic acids is 1. The van der Waals surface area contributed by atoms with Gasteiger partial charge in [0, 0.05) is 24.0 Å². The molecule has 1 aromatic heterocycles. The minimum atomic E-state index is -0.957. The molecule has 7 heteroatoms. The number of halogens is 1. The molecule has 2 heterocycles. The van der Waals surface area contributed by atoms with Crippen LogP contribution in [0.25, 0.3) is 0 Å². The standard InChI is InChI=1S/C20H24ClN3O3/c1-13(10-15-4-3-5-16(21)11-15)19(25)23-8-6-17(7-9-23)24-14(2)18(12-22-24)20(26)27/h3-5,11-13,17H,6-10H2,1-2H3,(H,26,27). The van der Waals surface area contributed by atoms with Crippen molar-refractivity contribution in [2.24, 2.45) is 5.92 Å². The number of benzene rings is 1. The maximum atomic E-state index is 12.8. The lowest BCUT2D eigenvalue weighted by atomic mass is 9.97. The van der Waals surface area contributed by atoms with Gasteiger partial charge in [0.2, 0.25) is 5.91 Å².